The second-order valence-corrected chi connectivity index (χ2v) is 5.79. The summed E-state index contributed by atoms with van der Waals surface area (Å²) in [7, 11) is 3.15. The van der Waals surface area contributed by atoms with Crippen molar-refractivity contribution in [1.29, 1.82) is 5.26 Å². The lowest BCUT2D eigenvalue weighted by atomic mass is 10.1. The van der Waals surface area contributed by atoms with E-state index in [4.69, 9.17) is 29.3 Å². The number of nitriles is 1. The quantitative estimate of drug-likeness (QED) is 0.713. The Bertz CT molecular complexity index is 740. The molecule has 2 aromatic carbocycles. The first-order chi connectivity index (χ1) is 13.0. The molecule has 6 heteroatoms. The molecule has 0 aromatic heterocycles. The maximum absolute atomic E-state index is 8.89. The molecule has 1 N–H and O–H groups in total. The highest BCUT2D eigenvalue weighted by Gasteiger charge is 2.01. The summed E-state index contributed by atoms with van der Waals surface area (Å²) in [5, 5.41) is 17.4. The molecule has 0 fully saturated rings. The van der Waals surface area contributed by atoms with Crippen molar-refractivity contribution >= 4 is 0 Å². The summed E-state index contributed by atoms with van der Waals surface area (Å²) in [5.41, 5.74) is 3.89. The molecule has 0 saturated carbocycles. The van der Waals surface area contributed by atoms with Crippen LogP contribution in [0.1, 0.15) is 22.3 Å². The van der Waals surface area contributed by atoms with Gasteiger partial charge in [0.05, 0.1) is 19.1 Å². The van der Waals surface area contributed by atoms with E-state index in [1.165, 1.54) is 0 Å². The van der Waals surface area contributed by atoms with Crippen molar-refractivity contribution in [1.82, 2.24) is 0 Å². The molecule has 0 bridgehead atoms. The normalized spacial score (nSPS) is 9.78. The van der Waals surface area contributed by atoms with E-state index in [2.05, 4.69) is 6.07 Å². The SMILES string of the molecule is COCOc1cc(CC#N)ccc1C.COCOc1cc(CO)ccc1C. The van der Waals surface area contributed by atoms with Crippen molar-refractivity contribution < 1.29 is 24.1 Å². The molecule has 0 spiro atoms. The van der Waals surface area contributed by atoms with E-state index < -0.39 is 0 Å². The molecule has 27 heavy (non-hydrogen) atoms. The first-order valence-corrected chi connectivity index (χ1v) is 8.46. The third-order valence-electron chi connectivity index (χ3n) is 3.64. The van der Waals surface area contributed by atoms with E-state index in [9.17, 15) is 0 Å². The molecule has 2 rings (SSSR count). The fourth-order valence-corrected chi connectivity index (χ4v) is 2.14. The van der Waals surface area contributed by atoms with Gasteiger partial charge in [0.25, 0.3) is 0 Å². The van der Waals surface area contributed by atoms with Crippen LogP contribution in [-0.4, -0.2) is 32.9 Å². The number of nitrogens with zero attached hydrogens (tertiary/aromatic N) is 1. The Morgan fingerprint density at radius 3 is 1.78 bits per heavy atom. The molecule has 2 aromatic rings. The van der Waals surface area contributed by atoms with Gasteiger partial charge in [-0.25, -0.2) is 0 Å². The van der Waals surface area contributed by atoms with Crippen LogP contribution >= 0.6 is 0 Å². The molecule has 0 saturated heterocycles. The Morgan fingerprint density at radius 1 is 0.852 bits per heavy atom. The lowest BCUT2D eigenvalue weighted by molar-refractivity contribution is 0.0504. The number of methoxy groups -OCH3 is 2. The summed E-state index contributed by atoms with van der Waals surface area (Å²) in [6.45, 7) is 4.41. The van der Waals surface area contributed by atoms with Crippen molar-refractivity contribution in [2.45, 2.75) is 26.9 Å². The molecule has 0 unspecified atom stereocenters. The smallest absolute Gasteiger partial charge is 0.188 e. The number of rotatable bonds is 8. The highest BCUT2D eigenvalue weighted by atomic mass is 16.7. The van der Waals surface area contributed by atoms with Gasteiger partial charge in [-0.2, -0.15) is 5.26 Å². The minimum Gasteiger partial charge on any atom is -0.467 e. The van der Waals surface area contributed by atoms with Gasteiger partial charge in [-0.3, -0.25) is 0 Å². The fraction of sp³-hybridized carbons (Fsp3) is 0.381. The van der Waals surface area contributed by atoms with Crippen molar-refractivity contribution in [2.75, 3.05) is 27.8 Å². The molecule has 0 aliphatic heterocycles. The van der Waals surface area contributed by atoms with Crippen LogP contribution in [0.5, 0.6) is 11.5 Å². The Balaban J connectivity index is 0.000000271. The van der Waals surface area contributed by atoms with Crippen LogP contribution in [0.25, 0.3) is 0 Å². The van der Waals surface area contributed by atoms with Crippen LogP contribution in [0.3, 0.4) is 0 Å². The first kappa shape index (κ1) is 22.5. The Hall–Kier alpha value is -2.59. The summed E-state index contributed by atoms with van der Waals surface area (Å²) >= 11 is 0. The Labute approximate surface area is 160 Å². The van der Waals surface area contributed by atoms with Crippen LogP contribution < -0.4 is 9.47 Å². The number of hydrogen-bond acceptors (Lipinski definition) is 6. The van der Waals surface area contributed by atoms with Gasteiger partial charge in [0.15, 0.2) is 13.6 Å². The third-order valence-corrected chi connectivity index (χ3v) is 3.64. The summed E-state index contributed by atoms with van der Waals surface area (Å²) in [6.07, 6.45) is 0.406. The Morgan fingerprint density at radius 2 is 1.33 bits per heavy atom. The second kappa shape index (κ2) is 12.7. The van der Waals surface area contributed by atoms with E-state index >= 15 is 0 Å². The maximum Gasteiger partial charge on any atom is 0.188 e. The lowest BCUT2D eigenvalue weighted by Crippen LogP contribution is -2.00. The maximum atomic E-state index is 8.89. The zero-order valence-electron chi connectivity index (χ0n) is 16.3. The molecular formula is C21H27NO5. The van der Waals surface area contributed by atoms with Crippen molar-refractivity contribution in [2.24, 2.45) is 0 Å². The Kier molecular flexibility index (Phi) is 10.6. The predicted molar refractivity (Wildman–Crippen MR) is 103 cm³/mol. The first-order valence-electron chi connectivity index (χ1n) is 8.46. The molecule has 0 heterocycles. The predicted octanol–water partition coefficient (Wildman–Crippen LogP) is 3.51. The molecule has 6 nitrogen and oxygen atoms in total. The molecule has 146 valence electrons. The average molecular weight is 373 g/mol. The average Bonchev–Trinajstić information content (AvgIpc) is 2.68. The van der Waals surface area contributed by atoms with Crippen molar-refractivity contribution in [3.05, 3.63) is 58.7 Å². The van der Waals surface area contributed by atoms with E-state index in [1.54, 1.807) is 14.2 Å². The summed E-state index contributed by atoms with van der Waals surface area (Å²) in [6, 6.07) is 13.4. The summed E-state index contributed by atoms with van der Waals surface area (Å²) < 4.78 is 20.2. The van der Waals surface area contributed by atoms with Crippen LogP contribution in [0.15, 0.2) is 36.4 Å². The van der Waals surface area contributed by atoms with Crippen LogP contribution in [0.4, 0.5) is 0 Å². The van der Waals surface area contributed by atoms with Gasteiger partial charge in [0, 0.05) is 14.2 Å². The number of benzene rings is 2. The topological polar surface area (TPSA) is 80.9 Å². The highest BCUT2D eigenvalue weighted by Crippen LogP contribution is 2.20. The van der Waals surface area contributed by atoms with E-state index in [0.717, 1.165) is 33.8 Å². The molecule has 0 radical (unpaired) electrons. The van der Waals surface area contributed by atoms with Gasteiger partial charge in [-0.05, 0) is 48.2 Å². The minimum atomic E-state index is 0.0314. The van der Waals surface area contributed by atoms with Gasteiger partial charge in [-0.15, -0.1) is 0 Å². The van der Waals surface area contributed by atoms with Gasteiger partial charge < -0.3 is 24.1 Å². The largest absolute Gasteiger partial charge is 0.467 e. The zero-order valence-corrected chi connectivity index (χ0v) is 16.3. The molecule has 0 atom stereocenters. The van der Waals surface area contributed by atoms with E-state index in [-0.39, 0.29) is 20.2 Å². The van der Waals surface area contributed by atoms with Gasteiger partial charge in [-0.1, -0.05) is 24.3 Å². The van der Waals surface area contributed by atoms with E-state index in [1.807, 2.05) is 50.2 Å². The van der Waals surface area contributed by atoms with Gasteiger partial charge in [0.2, 0.25) is 0 Å². The lowest BCUT2D eigenvalue weighted by Gasteiger charge is -2.08. The number of hydrogen-bond donors (Lipinski definition) is 1. The van der Waals surface area contributed by atoms with Crippen molar-refractivity contribution in [3.63, 3.8) is 0 Å². The zero-order chi connectivity index (χ0) is 20.1. The second-order valence-electron chi connectivity index (χ2n) is 5.79. The number of ether oxygens (including phenoxy) is 4. The standard InChI is InChI=1S/C11H13NO2.C10H14O3/c1-9-3-4-10(5-6-12)7-11(9)14-8-13-2;1-8-3-4-9(6-11)5-10(8)13-7-12-2/h3-4,7H,5,8H2,1-2H3;3-5,11H,6-7H2,1-2H3. The minimum absolute atomic E-state index is 0.0314. The van der Waals surface area contributed by atoms with Crippen LogP contribution in [-0.2, 0) is 22.5 Å². The summed E-state index contributed by atoms with van der Waals surface area (Å²) in [4.78, 5) is 0. The highest BCUT2D eigenvalue weighted by molar-refractivity contribution is 5.37. The summed E-state index contributed by atoms with van der Waals surface area (Å²) in [5.74, 6) is 1.54. The van der Waals surface area contributed by atoms with E-state index in [0.29, 0.717) is 6.42 Å². The monoisotopic (exact) mass is 373 g/mol. The van der Waals surface area contributed by atoms with Gasteiger partial charge >= 0.3 is 0 Å². The number of aryl methyl sites for hydroxylation is 2. The molecule has 0 aliphatic carbocycles. The molecule has 0 amide bonds. The number of aliphatic hydroxyl groups is 1. The van der Waals surface area contributed by atoms with Crippen LogP contribution in [0.2, 0.25) is 0 Å². The van der Waals surface area contributed by atoms with Gasteiger partial charge in [0.1, 0.15) is 11.5 Å². The third kappa shape index (κ3) is 8.09. The number of aliphatic hydroxyl groups excluding tert-OH is 1. The van der Waals surface area contributed by atoms with Crippen molar-refractivity contribution in [3.8, 4) is 17.6 Å². The fourth-order valence-electron chi connectivity index (χ4n) is 2.14. The molecule has 0 aliphatic rings. The molecular weight excluding hydrogens is 346 g/mol. The van der Waals surface area contributed by atoms with Crippen LogP contribution in [0, 0.1) is 25.2 Å².